The van der Waals surface area contributed by atoms with Crippen LogP contribution in [0.1, 0.15) is 36.5 Å². The van der Waals surface area contributed by atoms with Gasteiger partial charge in [0.15, 0.2) is 11.5 Å². The van der Waals surface area contributed by atoms with E-state index < -0.39 is 5.91 Å². The highest BCUT2D eigenvalue weighted by Crippen LogP contribution is 2.36. The fourth-order valence-electron chi connectivity index (χ4n) is 3.87. The van der Waals surface area contributed by atoms with Gasteiger partial charge in [0.1, 0.15) is 5.70 Å². The summed E-state index contributed by atoms with van der Waals surface area (Å²) in [6.45, 7) is 4.37. The van der Waals surface area contributed by atoms with E-state index in [-0.39, 0.29) is 23.7 Å². The summed E-state index contributed by atoms with van der Waals surface area (Å²) in [5, 5.41) is 3.20. The second kappa shape index (κ2) is 9.79. The van der Waals surface area contributed by atoms with Crippen LogP contribution in [0.4, 0.5) is 5.69 Å². The van der Waals surface area contributed by atoms with Gasteiger partial charge in [0.2, 0.25) is 0 Å². The first-order chi connectivity index (χ1) is 16.4. The molecule has 174 valence electrons. The van der Waals surface area contributed by atoms with Gasteiger partial charge in [0.05, 0.1) is 26.3 Å². The van der Waals surface area contributed by atoms with Crippen molar-refractivity contribution >= 4 is 23.1 Å². The summed E-state index contributed by atoms with van der Waals surface area (Å²) in [6, 6.07) is 16.6. The van der Waals surface area contributed by atoms with Crippen LogP contribution in [0.2, 0.25) is 0 Å². The number of ether oxygens (including phenoxy) is 2. The van der Waals surface area contributed by atoms with Crippen LogP contribution in [0.15, 0.2) is 72.7 Å². The molecule has 1 N–H and O–H groups in total. The van der Waals surface area contributed by atoms with Crippen molar-refractivity contribution in [1.82, 2.24) is 9.88 Å². The second-order valence-electron chi connectivity index (χ2n) is 8.28. The molecule has 0 fully saturated rings. The number of carbonyl (C=O) groups excluding carboxylic acids is 2. The van der Waals surface area contributed by atoms with Crippen molar-refractivity contribution in [2.24, 2.45) is 0 Å². The van der Waals surface area contributed by atoms with Crippen molar-refractivity contribution in [3.8, 4) is 11.5 Å². The number of hydrogen-bond acceptors (Lipinski definition) is 6. The van der Waals surface area contributed by atoms with Gasteiger partial charge in [-0.15, -0.1) is 0 Å². The third-order valence-electron chi connectivity index (χ3n) is 5.75. The van der Waals surface area contributed by atoms with Crippen LogP contribution in [-0.4, -0.2) is 35.9 Å². The van der Waals surface area contributed by atoms with Gasteiger partial charge >= 0.3 is 0 Å². The van der Waals surface area contributed by atoms with E-state index in [0.29, 0.717) is 23.0 Å². The molecule has 1 aliphatic heterocycles. The molecule has 34 heavy (non-hydrogen) atoms. The minimum absolute atomic E-state index is 0.125. The third-order valence-corrected chi connectivity index (χ3v) is 5.75. The number of benzene rings is 2. The highest BCUT2D eigenvalue weighted by atomic mass is 16.5. The monoisotopic (exact) mass is 457 g/mol. The van der Waals surface area contributed by atoms with Gasteiger partial charge in [-0.25, -0.2) is 0 Å². The molecule has 0 saturated carbocycles. The number of pyridine rings is 1. The summed E-state index contributed by atoms with van der Waals surface area (Å²) in [5.41, 5.74) is 3.74. The van der Waals surface area contributed by atoms with Gasteiger partial charge in [-0.05, 0) is 52.9 Å². The number of nitrogens with zero attached hydrogens (tertiary/aromatic N) is 2. The summed E-state index contributed by atoms with van der Waals surface area (Å²) in [5.74, 6) is 0.614. The molecule has 0 radical (unpaired) electrons. The largest absolute Gasteiger partial charge is 0.493 e. The molecule has 0 saturated heterocycles. The normalized spacial score (nSPS) is 13.6. The van der Waals surface area contributed by atoms with Crippen molar-refractivity contribution in [2.75, 3.05) is 19.5 Å². The summed E-state index contributed by atoms with van der Waals surface area (Å²) < 4.78 is 10.8. The fourth-order valence-corrected chi connectivity index (χ4v) is 3.87. The van der Waals surface area contributed by atoms with Crippen molar-refractivity contribution in [3.05, 3.63) is 89.4 Å². The fraction of sp³-hybridized carbons (Fsp3) is 0.222. The molecule has 0 aliphatic carbocycles. The van der Waals surface area contributed by atoms with Gasteiger partial charge in [-0.1, -0.05) is 38.1 Å². The van der Waals surface area contributed by atoms with Gasteiger partial charge in [-0.3, -0.25) is 19.5 Å². The summed E-state index contributed by atoms with van der Waals surface area (Å²) in [7, 11) is 3.08. The Morgan fingerprint density at radius 3 is 2.29 bits per heavy atom. The Labute approximate surface area is 199 Å². The van der Waals surface area contributed by atoms with E-state index in [2.05, 4.69) is 24.1 Å². The van der Waals surface area contributed by atoms with Crippen molar-refractivity contribution in [2.45, 2.75) is 26.3 Å². The predicted molar refractivity (Wildman–Crippen MR) is 130 cm³/mol. The predicted octanol–water partition coefficient (Wildman–Crippen LogP) is 4.61. The molecule has 0 unspecified atom stereocenters. The van der Waals surface area contributed by atoms with E-state index in [1.165, 1.54) is 17.6 Å². The first kappa shape index (κ1) is 23.0. The van der Waals surface area contributed by atoms with Gasteiger partial charge in [-0.2, -0.15) is 0 Å². The molecule has 2 amide bonds. The molecule has 3 aromatic rings. The topological polar surface area (TPSA) is 80.8 Å². The molecule has 0 atom stereocenters. The van der Waals surface area contributed by atoms with Crippen molar-refractivity contribution in [3.63, 3.8) is 0 Å². The second-order valence-corrected chi connectivity index (χ2v) is 8.28. The number of aromatic nitrogens is 1. The summed E-state index contributed by atoms with van der Waals surface area (Å²) >= 11 is 0. The summed E-state index contributed by atoms with van der Waals surface area (Å²) in [4.78, 5) is 32.3. The number of hydrogen-bond donors (Lipinski definition) is 1. The quantitative estimate of drug-likeness (QED) is 0.498. The molecule has 7 nitrogen and oxygen atoms in total. The zero-order chi connectivity index (χ0) is 24.2. The van der Waals surface area contributed by atoms with E-state index >= 15 is 0 Å². The molecule has 2 heterocycles. The molecule has 4 rings (SSSR count). The summed E-state index contributed by atoms with van der Waals surface area (Å²) in [6.07, 6.45) is 3.30. The van der Waals surface area contributed by atoms with Crippen LogP contribution in [0.5, 0.6) is 11.5 Å². The maximum Gasteiger partial charge on any atom is 0.278 e. The van der Waals surface area contributed by atoms with Crippen LogP contribution >= 0.6 is 0 Å². The van der Waals surface area contributed by atoms with Gasteiger partial charge in [0, 0.05) is 18.1 Å². The molecule has 0 spiro atoms. The van der Waals surface area contributed by atoms with Crippen LogP contribution in [-0.2, 0) is 16.1 Å². The van der Waals surface area contributed by atoms with Crippen LogP contribution < -0.4 is 14.8 Å². The number of anilines is 1. The Hall–Kier alpha value is -4.13. The molecule has 1 aliphatic rings. The number of nitrogens with one attached hydrogen (secondary N) is 1. The lowest BCUT2D eigenvalue weighted by Gasteiger charge is -2.15. The van der Waals surface area contributed by atoms with Crippen molar-refractivity contribution < 1.29 is 19.1 Å². The Balaban J connectivity index is 1.76. The zero-order valence-corrected chi connectivity index (χ0v) is 19.7. The molecule has 1 aromatic heterocycles. The highest BCUT2D eigenvalue weighted by molar-refractivity contribution is 6.36. The highest BCUT2D eigenvalue weighted by Gasteiger charge is 2.39. The number of carbonyl (C=O) groups is 2. The van der Waals surface area contributed by atoms with Crippen LogP contribution in [0.25, 0.3) is 5.57 Å². The Morgan fingerprint density at radius 1 is 0.941 bits per heavy atom. The van der Waals surface area contributed by atoms with E-state index in [1.54, 1.807) is 43.8 Å². The lowest BCUT2D eigenvalue weighted by Crippen LogP contribution is -2.32. The average molecular weight is 458 g/mol. The Morgan fingerprint density at radius 2 is 1.68 bits per heavy atom. The Bertz CT molecular complexity index is 1230. The lowest BCUT2D eigenvalue weighted by molar-refractivity contribution is -0.137. The number of imide groups is 1. The zero-order valence-electron chi connectivity index (χ0n) is 19.7. The molecule has 2 aromatic carbocycles. The minimum atomic E-state index is -0.397. The van der Waals surface area contributed by atoms with Gasteiger partial charge < -0.3 is 14.8 Å². The first-order valence-corrected chi connectivity index (χ1v) is 11.0. The van der Waals surface area contributed by atoms with E-state index in [4.69, 9.17) is 9.47 Å². The third kappa shape index (κ3) is 4.50. The molecule has 7 heteroatoms. The van der Waals surface area contributed by atoms with Crippen LogP contribution in [0, 0.1) is 0 Å². The minimum Gasteiger partial charge on any atom is -0.493 e. The van der Waals surface area contributed by atoms with E-state index in [9.17, 15) is 9.59 Å². The SMILES string of the molecule is COc1ccc(C2=C(Nc3ccc(C(C)C)cc3)C(=O)N(Cc3cccnc3)C2=O)cc1OC. The number of amides is 2. The lowest BCUT2D eigenvalue weighted by atomic mass is 10.0. The number of rotatable bonds is 8. The van der Waals surface area contributed by atoms with Crippen molar-refractivity contribution in [1.29, 1.82) is 0 Å². The average Bonchev–Trinajstić information content (AvgIpc) is 3.08. The Kier molecular flexibility index (Phi) is 6.63. The number of methoxy groups -OCH3 is 2. The van der Waals surface area contributed by atoms with Crippen LogP contribution in [0.3, 0.4) is 0 Å². The maximum atomic E-state index is 13.5. The smallest absolute Gasteiger partial charge is 0.278 e. The maximum absolute atomic E-state index is 13.5. The molecular formula is C27H27N3O4. The van der Waals surface area contributed by atoms with E-state index in [0.717, 1.165) is 11.3 Å². The molecular weight excluding hydrogens is 430 g/mol. The first-order valence-electron chi connectivity index (χ1n) is 11.0. The van der Waals surface area contributed by atoms with Gasteiger partial charge in [0.25, 0.3) is 11.8 Å². The van der Waals surface area contributed by atoms with E-state index in [1.807, 2.05) is 30.3 Å². The molecule has 0 bridgehead atoms. The standard InChI is InChI=1S/C27H27N3O4/c1-17(2)19-7-10-21(11-8-19)29-25-24(20-9-12-22(33-3)23(14-20)34-4)26(31)30(27(25)32)16-18-6-5-13-28-15-18/h5-15,17,29H,16H2,1-4H3.